The number of hydrogen-bond acceptors (Lipinski definition) is 3. The van der Waals surface area contributed by atoms with Crippen LogP contribution in [0, 0.1) is 11.3 Å². The van der Waals surface area contributed by atoms with Gasteiger partial charge >= 0.3 is 5.97 Å². The van der Waals surface area contributed by atoms with Crippen LogP contribution in [-0.4, -0.2) is 34.9 Å². The lowest BCUT2D eigenvalue weighted by atomic mass is 9.76. The number of aliphatic hydroxyl groups is 1. The Morgan fingerprint density at radius 2 is 2.18 bits per heavy atom. The van der Waals surface area contributed by atoms with Crippen molar-refractivity contribution in [3.8, 4) is 0 Å². The van der Waals surface area contributed by atoms with E-state index < -0.39 is 11.4 Å². The van der Waals surface area contributed by atoms with Gasteiger partial charge in [0, 0.05) is 12.1 Å². The van der Waals surface area contributed by atoms with Crippen molar-refractivity contribution in [3.63, 3.8) is 0 Å². The smallest absolute Gasteiger partial charge is 0.310 e. The molecule has 2 unspecified atom stereocenters. The summed E-state index contributed by atoms with van der Waals surface area (Å²) < 4.78 is 0. The van der Waals surface area contributed by atoms with Gasteiger partial charge in [0.05, 0.1) is 12.0 Å². The molecule has 0 saturated heterocycles. The van der Waals surface area contributed by atoms with Crippen LogP contribution in [0.3, 0.4) is 0 Å². The summed E-state index contributed by atoms with van der Waals surface area (Å²) in [5.41, 5.74) is -1.06. The Labute approximate surface area is 103 Å². The molecule has 1 aliphatic carbocycles. The highest BCUT2D eigenvalue weighted by atomic mass is 16.4. The fourth-order valence-corrected chi connectivity index (χ4v) is 2.50. The first-order valence-electron chi connectivity index (χ1n) is 6.41. The molecule has 4 heteroatoms. The van der Waals surface area contributed by atoms with Gasteiger partial charge < -0.3 is 15.5 Å². The molecule has 0 aromatic rings. The van der Waals surface area contributed by atoms with Crippen LogP contribution in [0.15, 0.2) is 0 Å². The van der Waals surface area contributed by atoms with Gasteiger partial charge in [-0.15, -0.1) is 0 Å². The summed E-state index contributed by atoms with van der Waals surface area (Å²) in [7, 11) is 0. The largest absolute Gasteiger partial charge is 0.481 e. The van der Waals surface area contributed by atoms with E-state index in [1.54, 1.807) is 13.8 Å². The van der Waals surface area contributed by atoms with Gasteiger partial charge in [0.2, 0.25) is 0 Å². The highest BCUT2D eigenvalue weighted by Gasteiger charge is 2.37. The average Bonchev–Trinajstić information content (AvgIpc) is 2.26. The van der Waals surface area contributed by atoms with Crippen molar-refractivity contribution in [2.45, 2.75) is 52.0 Å². The predicted octanol–water partition coefficient (Wildman–Crippen LogP) is 1.63. The van der Waals surface area contributed by atoms with Crippen LogP contribution in [0.2, 0.25) is 0 Å². The molecule has 0 heterocycles. The fraction of sp³-hybridized carbons (Fsp3) is 0.923. The van der Waals surface area contributed by atoms with E-state index in [9.17, 15) is 9.90 Å². The van der Waals surface area contributed by atoms with Crippen molar-refractivity contribution in [2.24, 2.45) is 11.3 Å². The van der Waals surface area contributed by atoms with Crippen LogP contribution in [0.5, 0.6) is 0 Å². The van der Waals surface area contributed by atoms with E-state index in [0.29, 0.717) is 12.5 Å². The second-order valence-corrected chi connectivity index (χ2v) is 6.18. The molecular formula is C13H25NO3. The third kappa shape index (κ3) is 3.68. The average molecular weight is 243 g/mol. The van der Waals surface area contributed by atoms with E-state index in [0.717, 1.165) is 19.3 Å². The van der Waals surface area contributed by atoms with Gasteiger partial charge in [-0.3, -0.25) is 4.79 Å². The van der Waals surface area contributed by atoms with Crippen molar-refractivity contribution in [3.05, 3.63) is 0 Å². The molecule has 3 N–H and O–H groups in total. The van der Waals surface area contributed by atoms with Crippen LogP contribution < -0.4 is 5.32 Å². The highest BCUT2D eigenvalue weighted by molar-refractivity contribution is 5.73. The Balaban J connectivity index is 2.60. The molecule has 2 atom stereocenters. The third-order valence-electron chi connectivity index (χ3n) is 3.88. The number of aliphatic carboxylic acids is 1. The van der Waals surface area contributed by atoms with Gasteiger partial charge in [0.25, 0.3) is 0 Å². The van der Waals surface area contributed by atoms with Crippen molar-refractivity contribution in [2.75, 3.05) is 13.2 Å². The van der Waals surface area contributed by atoms with Crippen LogP contribution in [0.25, 0.3) is 0 Å². The number of hydrogen-bond donors (Lipinski definition) is 3. The molecule has 0 amide bonds. The lowest BCUT2D eigenvalue weighted by molar-refractivity contribution is -0.147. The topological polar surface area (TPSA) is 69.6 Å². The van der Waals surface area contributed by atoms with Gasteiger partial charge in [-0.05, 0) is 32.6 Å². The maximum atomic E-state index is 11.0. The maximum Gasteiger partial charge on any atom is 0.310 e. The minimum absolute atomic E-state index is 0.0903. The second-order valence-electron chi connectivity index (χ2n) is 6.18. The number of rotatable bonds is 5. The number of carboxylic acid groups (broad SMARTS) is 1. The van der Waals surface area contributed by atoms with E-state index in [-0.39, 0.29) is 12.1 Å². The van der Waals surface area contributed by atoms with Gasteiger partial charge in [-0.2, -0.15) is 0 Å². The number of nitrogens with one attached hydrogen (secondary N) is 1. The van der Waals surface area contributed by atoms with Crippen molar-refractivity contribution in [1.82, 2.24) is 5.32 Å². The molecule has 1 aliphatic rings. The molecule has 0 aliphatic heterocycles. The lowest BCUT2D eigenvalue weighted by Crippen LogP contribution is -2.54. The lowest BCUT2D eigenvalue weighted by Gasteiger charge is -2.41. The number of aliphatic hydroxyl groups excluding tert-OH is 1. The monoisotopic (exact) mass is 243 g/mol. The van der Waals surface area contributed by atoms with Crippen molar-refractivity contribution >= 4 is 5.97 Å². The molecule has 0 radical (unpaired) electrons. The Morgan fingerprint density at radius 1 is 1.53 bits per heavy atom. The molecule has 0 aromatic carbocycles. The maximum absolute atomic E-state index is 11.0. The Morgan fingerprint density at radius 3 is 2.65 bits per heavy atom. The summed E-state index contributed by atoms with van der Waals surface area (Å²) in [4.78, 5) is 11.0. The van der Waals surface area contributed by atoms with Crippen molar-refractivity contribution < 1.29 is 15.0 Å². The minimum Gasteiger partial charge on any atom is -0.481 e. The first-order valence-corrected chi connectivity index (χ1v) is 6.41. The van der Waals surface area contributed by atoms with Gasteiger partial charge in [-0.25, -0.2) is 0 Å². The summed E-state index contributed by atoms with van der Waals surface area (Å²) >= 11 is 0. The SMILES string of the molecule is CC1CCCC(CO)(NCC(C)(C)C(=O)O)C1. The van der Waals surface area contributed by atoms with Crippen molar-refractivity contribution in [1.29, 1.82) is 0 Å². The standard InChI is InChI=1S/C13H25NO3/c1-10-5-4-6-13(7-10,9-15)14-8-12(2,3)11(16)17/h10,14-15H,4-9H2,1-3H3,(H,16,17). The summed E-state index contributed by atoms with van der Waals surface area (Å²) in [6.07, 6.45) is 4.16. The zero-order valence-electron chi connectivity index (χ0n) is 11.1. The third-order valence-corrected chi connectivity index (χ3v) is 3.88. The molecular weight excluding hydrogens is 218 g/mol. The van der Waals surface area contributed by atoms with Crippen LogP contribution >= 0.6 is 0 Å². The fourth-order valence-electron chi connectivity index (χ4n) is 2.50. The van der Waals surface area contributed by atoms with Crippen LogP contribution in [0.1, 0.15) is 46.5 Å². The first kappa shape index (κ1) is 14.5. The van der Waals surface area contributed by atoms with Gasteiger partial charge in [0.1, 0.15) is 0 Å². The van der Waals surface area contributed by atoms with E-state index in [1.165, 1.54) is 6.42 Å². The molecule has 1 fully saturated rings. The Bertz CT molecular complexity index is 278. The molecule has 1 rings (SSSR count). The van der Waals surface area contributed by atoms with E-state index in [4.69, 9.17) is 5.11 Å². The molecule has 1 saturated carbocycles. The quantitative estimate of drug-likeness (QED) is 0.686. The van der Waals surface area contributed by atoms with Gasteiger partial charge in [-0.1, -0.05) is 19.8 Å². The zero-order chi connectivity index (χ0) is 13.1. The summed E-state index contributed by atoms with van der Waals surface area (Å²) in [6, 6.07) is 0. The Kier molecular flexibility index (Phi) is 4.55. The normalized spacial score (nSPS) is 30.2. The number of carbonyl (C=O) groups is 1. The summed E-state index contributed by atoms with van der Waals surface area (Å²) in [6.45, 7) is 6.09. The molecule has 100 valence electrons. The van der Waals surface area contributed by atoms with Gasteiger partial charge in [0.15, 0.2) is 0 Å². The molecule has 4 nitrogen and oxygen atoms in total. The van der Waals surface area contributed by atoms with Crippen LogP contribution in [-0.2, 0) is 4.79 Å². The Hall–Kier alpha value is -0.610. The molecule has 0 aromatic heterocycles. The summed E-state index contributed by atoms with van der Waals surface area (Å²) in [5, 5.41) is 22.0. The molecule has 17 heavy (non-hydrogen) atoms. The minimum atomic E-state index is -0.804. The summed E-state index contributed by atoms with van der Waals surface area (Å²) in [5.74, 6) is -0.210. The van der Waals surface area contributed by atoms with Crippen LogP contribution in [0.4, 0.5) is 0 Å². The zero-order valence-corrected chi connectivity index (χ0v) is 11.1. The van der Waals surface area contributed by atoms with E-state index in [2.05, 4.69) is 12.2 Å². The molecule has 0 spiro atoms. The molecule has 0 bridgehead atoms. The predicted molar refractivity (Wildman–Crippen MR) is 66.9 cm³/mol. The van der Waals surface area contributed by atoms with E-state index in [1.807, 2.05) is 0 Å². The highest BCUT2D eigenvalue weighted by Crippen LogP contribution is 2.32. The van der Waals surface area contributed by atoms with E-state index >= 15 is 0 Å². The first-order chi connectivity index (χ1) is 7.81. The second kappa shape index (κ2) is 5.36. The number of carboxylic acids is 1.